The zero-order valence-corrected chi connectivity index (χ0v) is 17.9. The highest BCUT2D eigenvalue weighted by Crippen LogP contribution is 2.48. The molecule has 142 valence electrons. The van der Waals surface area contributed by atoms with E-state index in [1.54, 1.807) is 18.9 Å². The number of aromatic nitrogens is 3. The molecule has 0 radical (unpaired) electrons. The van der Waals surface area contributed by atoms with E-state index in [0.717, 1.165) is 29.9 Å². The van der Waals surface area contributed by atoms with Crippen LogP contribution in [0.3, 0.4) is 0 Å². The fourth-order valence-corrected chi connectivity index (χ4v) is 5.07. The van der Waals surface area contributed by atoms with Crippen molar-refractivity contribution in [3.8, 4) is 5.75 Å². The second-order valence-electron chi connectivity index (χ2n) is 6.58. The lowest BCUT2D eigenvalue weighted by atomic mass is 9.96. The Morgan fingerprint density at radius 1 is 1.11 bits per heavy atom. The summed E-state index contributed by atoms with van der Waals surface area (Å²) in [4.78, 5) is 1.24. The first-order valence-corrected chi connectivity index (χ1v) is 11.3. The first kappa shape index (κ1) is 19.9. The van der Waals surface area contributed by atoms with Gasteiger partial charge in [0.05, 0.1) is 18.7 Å². The fraction of sp³-hybridized carbons (Fsp3) is 0.333. The summed E-state index contributed by atoms with van der Waals surface area (Å²) in [6.07, 6.45) is 4.06. The minimum absolute atomic E-state index is 0.0785. The van der Waals surface area contributed by atoms with Crippen LogP contribution in [0.2, 0.25) is 0 Å². The minimum Gasteiger partial charge on any atom is -0.496 e. The lowest BCUT2D eigenvalue weighted by Crippen LogP contribution is -2.16. The summed E-state index contributed by atoms with van der Waals surface area (Å²) in [5, 5.41) is 8.75. The van der Waals surface area contributed by atoms with Gasteiger partial charge in [0.2, 0.25) is 0 Å². The smallest absolute Gasteiger partial charge is 0.122 e. The van der Waals surface area contributed by atoms with E-state index in [9.17, 15) is 0 Å². The Kier molecular flexibility index (Phi) is 6.92. The SMILES string of the molecule is CCC(C)(PCc1cn(CSc2ccccc2)nn1)c1ccccc1OC. The number of benzene rings is 2. The quantitative estimate of drug-likeness (QED) is 0.350. The summed E-state index contributed by atoms with van der Waals surface area (Å²) in [5.41, 5.74) is 2.33. The lowest BCUT2D eigenvalue weighted by Gasteiger charge is -2.30. The molecule has 0 amide bonds. The van der Waals surface area contributed by atoms with Crippen molar-refractivity contribution < 1.29 is 4.74 Å². The third-order valence-electron chi connectivity index (χ3n) is 4.76. The second-order valence-corrected chi connectivity index (χ2v) is 9.40. The van der Waals surface area contributed by atoms with Crippen LogP contribution in [0.5, 0.6) is 5.75 Å². The molecule has 0 aliphatic heterocycles. The van der Waals surface area contributed by atoms with E-state index in [1.165, 1.54) is 10.5 Å². The Morgan fingerprint density at radius 3 is 2.59 bits per heavy atom. The topological polar surface area (TPSA) is 39.9 Å². The summed E-state index contributed by atoms with van der Waals surface area (Å²) < 4.78 is 7.51. The van der Waals surface area contributed by atoms with Crippen LogP contribution in [0.1, 0.15) is 31.5 Å². The number of methoxy groups -OCH3 is 1. The van der Waals surface area contributed by atoms with E-state index in [2.05, 4.69) is 66.8 Å². The number of hydrogen-bond acceptors (Lipinski definition) is 4. The molecule has 4 nitrogen and oxygen atoms in total. The van der Waals surface area contributed by atoms with E-state index in [1.807, 2.05) is 22.9 Å². The molecule has 0 spiro atoms. The maximum atomic E-state index is 5.59. The molecule has 6 heteroatoms. The molecule has 1 aromatic heterocycles. The standard InChI is InChI=1S/C21H26N3OPS/c1-4-21(2,19-12-8-9-13-20(19)25-3)26-15-17-14-24(23-22-17)16-27-18-10-6-5-7-11-18/h5-14,26H,4,15-16H2,1-3H3. The second kappa shape index (κ2) is 9.38. The van der Waals surface area contributed by atoms with Gasteiger partial charge < -0.3 is 4.74 Å². The van der Waals surface area contributed by atoms with E-state index in [0.29, 0.717) is 8.58 Å². The highest BCUT2D eigenvalue weighted by molar-refractivity contribution is 7.98. The molecule has 0 aliphatic carbocycles. The average molecular weight is 400 g/mol. The Labute approximate surface area is 167 Å². The van der Waals surface area contributed by atoms with Gasteiger partial charge >= 0.3 is 0 Å². The predicted molar refractivity (Wildman–Crippen MR) is 115 cm³/mol. The van der Waals surface area contributed by atoms with Gasteiger partial charge in [0, 0.05) is 28.0 Å². The molecule has 0 aliphatic rings. The van der Waals surface area contributed by atoms with E-state index in [4.69, 9.17) is 4.74 Å². The average Bonchev–Trinajstić information content (AvgIpc) is 3.19. The maximum absolute atomic E-state index is 5.59. The normalized spacial score (nSPS) is 13.7. The van der Waals surface area contributed by atoms with Gasteiger partial charge in [-0.1, -0.05) is 55.5 Å². The zero-order chi connectivity index (χ0) is 19.1. The largest absolute Gasteiger partial charge is 0.496 e. The zero-order valence-electron chi connectivity index (χ0n) is 16.1. The van der Waals surface area contributed by atoms with Gasteiger partial charge in [0.15, 0.2) is 0 Å². The highest BCUT2D eigenvalue weighted by atomic mass is 32.2. The van der Waals surface area contributed by atoms with Crippen LogP contribution < -0.4 is 4.74 Å². The van der Waals surface area contributed by atoms with Crippen molar-refractivity contribution in [1.82, 2.24) is 15.0 Å². The molecule has 2 unspecified atom stereocenters. The first-order chi connectivity index (χ1) is 13.1. The van der Waals surface area contributed by atoms with Gasteiger partial charge in [-0.2, -0.15) is 0 Å². The molecular formula is C21H26N3OPS. The van der Waals surface area contributed by atoms with Gasteiger partial charge in [-0.15, -0.1) is 25.4 Å². The van der Waals surface area contributed by atoms with Crippen LogP contribution in [0.15, 0.2) is 65.7 Å². The molecule has 0 saturated heterocycles. The Bertz CT molecular complexity index is 855. The van der Waals surface area contributed by atoms with Crippen LogP contribution in [0.4, 0.5) is 0 Å². The number of thioether (sulfide) groups is 1. The number of para-hydroxylation sites is 1. The number of ether oxygens (including phenoxy) is 1. The van der Waals surface area contributed by atoms with Gasteiger partial charge in [0.25, 0.3) is 0 Å². The van der Waals surface area contributed by atoms with Crippen LogP contribution in [-0.2, 0) is 17.2 Å². The monoisotopic (exact) mass is 399 g/mol. The molecule has 0 fully saturated rings. The number of rotatable bonds is 9. The highest BCUT2D eigenvalue weighted by Gasteiger charge is 2.27. The molecule has 2 aromatic carbocycles. The van der Waals surface area contributed by atoms with Gasteiger partial charge in [0.1, 0.15) is 5.75 Å². The van der Waals surface area contributed by atoms with Gasteiger partial charge in [-0.05, 0) is 24.6 Å². The third kappa shape index (κ3) is 5.12. The van der Waals surface area contributed by atoms with E-state index in [-0.39, 0.29) is 5.16 Å². The summed E-state index contributed by atoms with van der Waals surface area (Å²) in [6.45, 7) is 4.56. The Hall–Kier alpha value is -1.84. The van der Waals surface area contributed by atoms with Gasteiger partial charge in [-0.25, -0.2) is 4.68 Å². The molecule has 0 saturated carbocycles. The van der Waals surface area contributed by atoms with Gasteiger partial charge in [-0.3, -0.25) is 0 Å². The van der Waals surface area contributed by atoms with Crippen molar-refractivity contribution in [3.63, 3.8) is 0 Å². The maximum Gasteiger partial charge on any atom is 0.122 e. The van der Waals surface area contributed by atoms with Crippen LogP contribution in [0.25, 0.3) is 0 Å². The molecule has 0 bridgehead atoms. The van der Waals surface area contributed by atoms with Crippen molar-refractivity contribution in [1.29, 1.82) is 0 Å². The lowest BCUT2D eigenvalue weighted by molar-refractivity contribution is 0.403. The van der Waals surface area contributed by atoms with Crippen molar-refractivity contribution in [2.45, 2.75) is 42.4 Å². The molecule has 3 rings (SSSR count). The number of nitrogens with zero attached hydrogens (tertiary/aromatic N) is 3. The molecule has 27 heavy (non-hydrogen) atoms. The molecular weight excluding hydrogens is 373 g/mol. The Morgan fingerprint density at radius 2 is 1.85 bits per heavy atom. The summed E-state index contributed by atoms with van der Waals surface area (Å²) in [5.74, 6) is 1.75. The van der Waals surface area contributed by atoms with Crippen molar-refractivity contribution in [2.24, 2.45) is 0 Å². The van der Waals surface area contributed by atoms with Crippen molar-refractivity contribution in [2.75, 3.05) is 7.11 Å². The van der Waals surface area contributed by atoms with Crippen molar-refractivity contribution >= 4 is 20.3 Å². The Balaban J connectivity index is 1.62. The van der Waals surface area contributed by atoms with Crippen LogP contribution in [0, 0.1) is 0 Å². The number of hydrogen-bond donors (Lipinski definition) is 0. The third-order valence-corrected chi connectivity index (χ3v) is 7.70. The van der Waals surface area contributed by atoms with E-state index >= 15 is 0 Å². The predicted octanol–water partition coefficient (Wildman–Crippen LogP) is 5.54. The molecule has 1 heterocycles. The summed E-state index contributed by atoms with van der Waals surface area (Å²) in [7, 11) is 2.46. The molecule has 0 N–H and O–H groups in total. The van der Waals surface area contributed by atoms with Crippen molar-refractivity contribution in [3.05, 3.63) is 72.1 Å². The van der Waals surface area contributed by atoms with Crippen LogP contribution in [-0.4, -0.2) is 22.1 Å². The molecule has 3 aromatic rings. The summed E-state index contributed by atoms with van der Waals surface area (Å²) in [6, 6.07) is 18.7. The minimum atomic E-state index is 0.0785. The molecule has 2 atom stereocenters. The fourth-order valence-electron chi connectivity index (χ4n) is 2.94. The summed E-state index contributed by atoms with van der Waals surface area (Å²) >= 11 is 1.76. The first-order valence-electron chi connectivity index (χ1n) is 9.10. The van der Waals surface area contributed by atoms with E-state index < -0.39 is 0 Å². The van der Waals surface area contributed by atoms with Crippen LogP contribution >= 0.6 is 20.3 Å².